The smallest absolute Gasteiger partial charge is 0.238 e. The molecule has 0 aliphatic carbocycles. The molecule has 3 heterocycles. The van der Waals surface area contributed by atoms with E-state index in [1.807, 2.05) is 36.4 Å². The minimum absolute atomic E-state index is 0.566. The Morgan fingerprint density at radius 1 is 0.265 bits per heavy atom. The summed E-state index contributed by atoms with van der Waals surface area (Å²) in [6, 6.07) is 88.4. The molecule has 0 N–H and O–H groups in total. The van der Waals surface area contributed by atoms with Crippen LogP contribution in [0.3, 0.4) is 0 Å². The van der Waals surface area contributed by atoms with E-state index in [9.17, 15) is 0 Å². The molecule has 0 aliphatic heterocycles. The average molecular weight is 868 g/mol. The van der Waals surface area contributed by atoms with Crippen molar-refractivity contribution in [1.82, 2.24) is 24.1 Å². The summed E-state index contributed by atoms with van der Waals surface area (Å²) in [6.45, 7) is 0. The summed E-state index contributed by atoms with van der Waals surface area (Å²) in [5.41, 5.74) is 16.7. The van der Waals surface area contributed by atoms with Crippen LogP contribution < -0.4 is 0 Å². The highest BCUT2D eigenvalue weighted by Crippen LogP contribution is 2.44. The summed E-state index contributed by atoms with van der Waals surface area (Å²) in [7, 11) is 0. The molecule has 0 saturated carbocycles. The maximum Gasteiger partial charge on any atom is 0.238 e. The summed E-state index contributed by atoms with van der Waals surface area (Å²) in [6.07, 6.45) is 0. The van der Waals surface area contributed by atoms with Crippen molar-refractivity contribution >= 4 is 43.6 Å². The average Bonchev–Trinajstić information content (AvgIpc) is 3.94. The molecule has 5 heteroatoms. The molecular formula is C63H41N5. The molecule has 0 spiro atoms. The Morgan fingerprint density at radius 3 is 1.31 bits per heavy atom. The maximum atomic E-state index is 5.24. The molecule has 0 unspecified atom stereocenters. The lowest BCUT2D eigenvalue weighted by Crippen LogP contribution is -2.06. The molecular weight excluding hydrogens is 827 g/mol. The van der Waals surface area contributed by atoms with Crippen molar-refractivity contribution in [3.63, 3.8) is 0 Å². The third-order valence-corrected chi connectivity index (χ3v) is 13.2. The lowest BCUT2D eigenvalue weighted by atomic mass is 9.94. The van der Waals surface area contributed by atoms with Crippen LogP contribution >= 0.6 is 0 Å². The monoisotopic (exact) mass is 867 g/mol. The van der Waals surface area contributed by atoms with Gasteiger partial charge in [-0.25, -0.2) is 4.98 Å². The first-order valence-corrected chi connectivity index (χ1v) is 23.0. The van der Waals surface area contributed by atoms with Gasteiger partial charge in [-0.05, 0) is 81.4 Å². The summed E-state index contributed by atoms with van der Waals surface area (Å²) >= 11 is 0. The lowest BCUT2D eigenvalue weighted by Gasteiger charge is -2.16. The lowest BCUT2D eigenvalue weighted by molar-refractivity contribution is 0.953. The van der Waals surface area contributed by atoms with Crippen molar-refractivity contribution in [2.45, 2.75) is 0 Å². The second-order valence-electron chi connectivity index (χ2n) is 17.2. The van der Waals surface area contributed by atoms with Gasteiger partial charge in [-0.15, -0.1) is 0 Å². The highest BCUT2D eigenvalue weighted by atomic mass is 15.2. The molecule has 0 amide bonds. The summed E-state index contributed by atoms with van der Waals surface area (Å²) in [4.78, 5) is 15.5. The zero-order valence-corrected chi connectivity index (χ0v) is 36.9. The minimum Gasteiger partial charge on any atom is -0.308 e. The van der Waals surface area contributed by atoms with Crippen molar-refractivity contribution < 1.29 is 0 Å². The number of hydrogen-bond donors (Lipinski definition) is 0. The van der Waals surface area contributed by atoms with Crippen molar-refractivity contribution in [1.29, 1.82) is 0 Å². The standard InChI is InChI=1S/C63H41N5/c1-4-19-42(20-5-1)45-25-16-26-46(39-45)47-27-17-28-48(40-47)49-29-18-30-50(41-49)51-31-10-13-34-55(51)67-56-35-14-11-32-52(56)53-37-38-58-59(60(53)67)54-33-12-15-36-57(54)68(58)63-65-61(43-21-6-2-7-22-43)64-62(66-63)44-23-8-3-9-24-44/h1-41H. The number of nitrogens with zero attached hydrogens (tertiary/aromatic N) is 5. The minimum atomic E-state index is 0.566. The second-order valence-corrected chi connectivity index (χ2v) is 17.2. The Hall–Kier alpha value is -9.19. The summed E-state index contributed by atoms with van der Waals surface area (Å²) in [5.74, 6) is 1.81. The molecule has 0 radical (unpaired) electrons. The Kier molecular flexibility index (Phi) is 9.43. The van der Waals surface area contributed by atoms with Crippen LogP contribution in [0.15, 0.2) is 249 Å². The first kappa shape index (κ1) is 39.2. The predicted octanol–water partition coefficient (Wildman–Crippen LogP) is 16.1. The van der Waals surface area contributed by atoms with Crippen LogP contribution in [0.25, 0.3) is 123 Å². The van der Waals surface area contributed by atoms with Crippen LogP contribution in [0, 0.1) is 0 Å². The predicted molar refractivity (Wildman–Crippen MR) is 281 cm³/mol. The van der Waals surface area contributed by atoms with Crippen LogP contribution in [-0.2, 0) is 0 Å². The van der Waals surface area contributed by atoms with Gasteiger partial charge in [-0.2, -0.15) is 9.97 Å². The SMILES string of the molecule is c1ccc(-c2cccc(-c3cccc(-c4cccc(-c5ccccc5-n5c6ccccc6c6ccc7c(c8ccccc8n7-c7nc(-c8ccccc8)nc(-c8ccccc8)n7)c65)c4)c3)c2)cc1. The van der Waals surface area contributed by atoms with Crippen molar-refractivity contribution in [3.05, 3.63) is 249 Å². The fraction of sp³-hybridized carbons (Fsp3) is 0. The molecule has 68 heavy (non-hydrogen) atoms. The highest BCUT2D eigenvalue weighted by molar-refractivity contribution is 6.26. The number of para-hydroxylation sites is 3. The molecule has 10 aromatic carbocycles. The van der Waals surface area contributed by atoms with Gasteiger partial charge in [0, 0.05) is 38.2 Å². The summed E-state index contributed by atoms with van der Waals surface area (Å²) in [5, 5.41) is 4.62. The number of fused-ring (bicyclic) bond motifs is 7. The van der Waals surface area contributed by atoms with Gasteiger partial charge < -0.3 is 4.57 Å². The molecule has 0 bridgehead atoms. The number of hydrogen-bond acceptors (Lipinski definition) is 3. The zero-order valence-electron chi connectivity index (χ0n) is 36.9. The van der Waals surface area contributed by atoms with E-state index >= 15 is 0 Å². The molecule has 3 aromatic heterocycles. The van der Waals surface area contributed by atoms with E-state index in [-0.39, 0.29) is 0 Å². The zero-order chi connectivity index (χ0) is 45.0. The van der Waals surface area contributed by atoms with E-state index in [2.05, 4.69) is 221 Å². The first-order valence-electron chi connectivity index (χ1n) is 23.0. The third kappa shape index (κ3) is 6.68. The van der Waals surface area contributed by atoms with Crippen molar-refractivity contribution in [3.8, 4) is 78.9 Å². The fourth-order valence-corrected chi connectivity index (χ4v) is 10.0. The number of aromatic nitrogens is 5. The van der Waals surface area contributed by atoms with E-state index in [0.29, 0.717) is 17.6 Å². The number of benzene rings is 10. The van der Waals surface area contributed by atoms with E-state index in [1.54, 1.807) is 0 Å². The topological polar surface area (TPSA) is 48.5 Å². The quantitative estimate of drug-likeness (QED) is 0.153. The maximum absolute atomic E-state index is 5.24. The summed E-state index contributed by atoms with van der Waals surface area (Å²) < 4.78 is 4.69. The van der Waals surface area contributed by atoms with Gasteiger partial charge in [-0.1, -0.05) is 206 Å². The van der Waals surface area contributed by atoms with Crippen LogP contribution in [-0.4, -0.2) is 24.1 Å². The molecule has 13 rings (SSSR count). The number of rotatable bonds is 8. The Bertz CT molecular complexity index is 3960. The molecule has 0 saturated heterocycles. The van der Waals surface area contributed by atoms with Crippen LogP contribution in [0.1, 0.15) is 0 Å². The van der Waals surface area contributed by atoms with Gasteiger partial charge in [0.15, 0.2) is 11.6 Å². The molecule has 13 aromatic rings. The van der Waals surface area contributed by atoms with Crippen molar-refractivity contribution in [2.24, 2.45) is 0 Å². The molecule has 5 nitrogen and oxygen atoms in total. The molecule has 318 valence electrons. The van der Waals surface area contributed by atoms with Crippen LogP contribution in [0.5, 0.6) is 0 Å². The van der Waals surface area contributed by atoms with E-state index < -0.39 is 0 Å². The van der Waals surface area contributed by atoms with Crippen LogP contribution in [0.4, 0.5) is 0 Å². The fourth-order valence-electron chi connectivity index (χ4n) is 10.0. The molecule has 0 aliphatic rings. The van der Waals surface area contributed by atoms with E-state index in [1.165, 1.54) is 38.6 Å². The normalized spacial score (nSPS) is 11.5. The molecule has 0 fully saturated rings. The molecule has 0 atom stereocenters. The van der Waals surface area contributed by atoms with Gasteiger partial charge in [0.2, 0.25) is 5.95 Å². The Balaban J connectivity index is 0.999. The van der Waals surface area contributed by atoms with Gasteiger partial charge >= 0.3 is 0 Å². The van der Waals surface area contributed by atoms with Crippen molar-refractivity contribution in [2.75, 3.05) is 0 Å². The Labute approximate surface area is 393 Å². The third-order valence-electron chi connectivity index (χ3n) is 13.2. The first-order chi connectivity index (χ1) is 33.7. The van der Waals surface area contributed by atoms with Gasteiger partial charge in [0.05, 0.1) is 27.8 Å². The second kappa shape index (κ2) is 16.4. The largest absolute Gasteiger partial charge is 0.308 e. The van der Waals surface area contributed by atoms with Gasteiger partial charge in [-0.3, -0.25) is 4.57 Å². The van der Waals surface area contributed by atoms with E-state index in [4.69, 9.17) is 15.0 Å². The van der Waals surface area contributed by atoms with Gasteiger partial charge in [0.1, 0.15) is 0 Å². The highest BCUT2D eigenvalue weighted by Gasteiger charge is 2.24. The van der Waals surface area contributed by atoms with Crippen LogP contribution in [0.2, 0.25) is 0 Å². The Morgan fingerprint density at radius 2 is 0.706 bits per heavy atom. The van der Waals surface area contributed by atoms with Gasteiger partial charge in [0.25, 0.3) is 0 Å². The van der Waals surface area contributed by atoms with E-state index in [0.717, 1.165) is 66.3 Å².